The van der Waals surface area contributed by atoms with E-state index < -0.39 is 0 Å². The summed E-state index contributed by atoms with van der Waals surface area (Å²) in [5.41, 5.74) is 5.56. The average Bonchev–Trinajstić information content (AvgIpc) is 1.80. The van der Waals surface area contributed by atoms with Gasteiger partial charge in [0.15, 0.2) is 0 Å². The Morgan fingerprint density at radius 2 is 2.00 bits per heavy atom. The second-order valence-electron chi connectivity index (χ2n) is 2.55. The van der Waals surface area contributed by atoms with E-state index in [1.54, 1.807) is 0 Å². The molecule has 0 radical (unpaired) electrons. The average molecular weight is 147 g/mol. The zero-order valence-corrected chi connectivity index (χ0v) is 7.03. The quantitative estimate of drug-likeness (QED) is 0.450. The van der Waals surface area contributed by atoms with Crippen LogP contribution < -0.4 is 5.73 Å². The summed E-state index contributed by atoms with van der Waals surface area (Å²) in [6.45, 7) is 2.06. The molecule has 0 aliphatic rings. The maximum absolute atomic E-state index is 5.56. The number of rotatable bonds is 5. The van der Waals surface area contributed by atoms with Gasteiger partial charge in [0.1, 0.15) is 0 Å². The molecule has 0 heterocycles. The van der Waals surface area contributed by atoms with Crippen molar-refractivity contribution >= 4 is 12.6 Å². The highest BCUT2D eigenvalue weighted by Gasteiger charge is 1.92. The molecule has 0 fully saturated rings. The second kappa shape index (κ2) is 6.43. The summed E-state index contributed by atoms with van der Waals surface area (Å²) in [4.78, 5) is 0. The van der Waals surface area contributed by atoms with Gasteiger partial charge in [-0.3, -0.25) is 0 Å². The second-order valence-corrected chi connectivity index (χ2v) is 3.00. The smallest absolute Gasteiger partial charge is 0.00104 e. The third kappa shape index (κ3) is 8.31. The maximum atomic E-state index is 5.56. The van der Waals surface area contributed by atoms with Crippen LogP contribution in [0.2, 0.25) is 0 Å². The summed E-state index contributed by atoms with van der Waals surface area (Å²) < 4.78 is 0. The first kappa shape index (κ1) is 9.31. The molecule has 0 aromatic rings. The Bertz CT molecular complexity index is 54.9. The number of hydrogen-bond donors (Lipinski definition) is 2. The van der Waals surface area contributed by atoms with Gasteiger partial charge in [0, 0.05) is 6.04 Å². The van der Waals surface area contributed by atoms with E-state index in [-0.39, 0.29) is 0 Å². The molecule has 2 N–H and O–H groups in total. The van der Waals surface area contributed by atoms with Crippen LogP contribution in [0.4, 0.5) is 0 Å². The van der Waals surface area contributed by atoms with Crippen molar-refractivity contribution in [2.75, 3.05) is 5.75 Å². The predicted octanol–water partition coefficient (Wildman–Crippen LogP) is 1.82. The fourth-order valence-corrected chi connectivity index (χ4v) is 0.978. The van der Waals surface area contributed by atoms with Gasteiger partial charge in [0.2, 0.25) is 0 Å². The molecule has 1 nitrogen and oxygen atoms in total. The number of hydrogen-bond acceptors (Lipinski definition) is 2. The first-order valence-electron chi connectivity index (χ1n) is 3.64. The topological polar surface area (TPSA) is 26.0 Å². The summed E-state index contributed by atoms with van der Waals surface area (Å²) >= 11 is 4.11. The summed E-state index contributed by atoms with van der Waals surface area (Å²) in [6.07, 6.45) is 4.94. The molecule has 0 aliphatic heterocycles. The first-order chi connectivity index (χ1) is 4.27. The monoisotopic (exact) mass is 147 g/mol. The van der Waals surface area contributed by atoms with Crippen molar-refractivity contribution in [2.24, 2.45) is 5.73 Å². The fourth-order valence-electron chi connectivity index (χ4n) is 0.755. The summed E-state index contributed by atoms with van der Waals surface area (Å²) in [5.74, 6) is 1.01. The Labute approximate surface area is 63.4 Å². The molecular weight excluding hydrogens is 130 g/mol. The van der Waals surface area contributed by atoms with Gasteiger partial charge in [-0.15, -0.1) is 0 Å². The zero-order valence-electron chi connectivity index (χ0n) is 6.14. The Morgan fingerprint density at radius 1 is 1.33 bits per heavy atom. The van der Waals surface area contributed by atoms with Gasteiger partial charge in [-0.05, 0) is 25.5 Å². The molecule has 0 aromatic heterocycles. The molecule has 0 saturated carbocycles. The van der Waals surface area contributed by atoms with Gasteiger partial charge in [-0.2, -0.15) is 12.6 Å². The Hall–Kier alpha value is 0.310. The molecule has 1 unspecified atom stereocenters. The molecule has 1 atom stereocenters. The van der Waals surface area contributed by atoms with Crippen LogP contribution in [0.15, 0.2) is 0 Å². The first-order valence-corrected chi connectivity index (χ1v) is 4.27. The van der Waals surface area contributed by atoms with Gasteiger partial charge < -0.3 is 5.73 Å². The third-order valence-corrected chi connectivity index (χ3v) is 1.63. The van der Waals surface area contributed by atoms with Crippen molar-refractivity contribution in [3.8, 4) is 0 Å². The lowest BCUT2D eigenvalue weighted by Crippen LogP contribution is -2.13. The van der Waals surface area contributed by atoms with Crippen molar-refractivity contribution < 1.29 is 0 Å². The fraction of sp³-hybridized carbons (Fsp3) is 1.00. The molecule has 0 spiro atoms. The molecule has 56 valence electrons. The lowest BCUT2D eigenvalue weighted by atomic mass is 10.1. The van der Waals surface area contributed by atoms with E-state index in [4.69, 9.17) is 5.73 Å². The van der Waals surface area contributed by atoms with Crippen LogP contribution in [0, 0.1) is 0 Å². The van der Waals surface area contributed by atoms with Crippen molar-refractivity contribution in [1.29, 1.82) is 0 Å². The molecule has 0 aliphatic carbocycles. The number of unbranched alkanes of at least 4 members (excludes halogenated alkanes) is 2. The van der Waals surface area contributed by atoms with Crippen LogP contribution in [0.3, 0.4) is 0 Å². The van der Waals surface area contributed by atoms with Gasteiger partial charge >= 0.3 is 0 Å². The van der Waals surface area contributed by atoms with E-state index in [9.17, 15) is 0 Å². The van der Waals surface area contributed by atoms with Gasteiger partial charge in [-0.25, -0.2) is 0 Å². The standard InChI is InChI=1S/C7H17NS/c1-7(8)5-3-2-4-6-9/h7,9H,2-6,8H2,1H3. The summed E-state index contributed by atoms with van der Waals surface area (Å²) in [5, 5.41) is 0. The normalized spacial score (nSPS) is 13.7. The largest absolute Gasteiger partial charge is 0.328 e. The van der Waals surface area contributed by atoms with Gasteiger partial charge in [0.25, 0.3) is 0 Å². The molecule has 0 bridgehead atoms. The summed E-state index contributed by atoms with van der Waals surface area (Å²) in [6, 6.07) is 0.380. The highest BCUT2D eigenvalue weighted by molar-refractivity contribution is 7.80. The van der Waals surface area contributed by atoms with E-state index in [0.717, 1.165) is 12.2 Å². The minimum Gasteiger partial charge on any atom is -0.328 e. The highest BCUT2D eigenvalue weighted by Crippen LogP contribution is 2.01. The zero-order chi connectivity index (χ0) is 7.11. The lowest BCUT2D eigenvalue weighted by molar-refractivity contribution is 0.594. The molecule has 0 saturated heterocycles. The van der Waals surface area contributed by atoms with Crippen LogP contribution in [-0.2, 0) is 0 Å². The van der Waals surface area contributed by atoms with E-state index in [1.807, 2.05) is 0 Å². The van der Waals surface area contributed by atoms with E-state index in [0.29, 0.717) is 6.04 Å². The number of thiol groups is 1. The molecular formula is C7H17NS. The number of nitrogens with two attached hydrogens (primary N) is 1. The van der Waals surface area contributed by atoms with Crippen LogP contribution in [0.25, 0.3) is 0 Å². The summed E-state index contributed by atoms with van der Waals surface area (Å²) in [7, 11) is 0. The Balaban J connectivity index is 2.75. The van der Waals surface area contributed by atoms with Crippen molar-refractivity contribution in [3.05, 3.63) is 0 Å². The van der Waals surface area contributed by atoms with Gasteiger partial charge in [-0.1, -0.05) is 12.8 Å². The van der Waals surface area contributed by atoms with Crippen molar-refractivity contribution in [3.63, 3.8) is 0 Å². The van der Waals surface area contributed by atoms with E-state index >= 15 is 0 Å². The minimum atomic E-state index is 0.380. The Morgan fingerprint density at radius 3 is 2.44 bits per heavy atom. The molecule has 0 rings (SSSR count). The third-order valence-electron chi connectivity index (χ3n) is 1.32. The molecule has 0 aromatic carbocycles. The lowest BCUT2D eigenvalue weighted by Gasteiger charge is -2.02. The van der Waals surface area contributed by atoms with Crippen LogP contribution in [0.5, 0.6) is 0 Å². The minimum absolute atomic E-state index is 0.380. The van der Waals surface area contributed by atoms with Gasteiger partial charge in [0.05, 0.1) is 0 Å². The van der Waals surface area contributed by atoms with Crippen molar-refractivity contribution in [2.45, 2.75) is 38.6 Å². The SMILES string of the molecule is CC(N)CCCCCS. The highest BCUT2D eigenvalue weighted by atomic mass is 32.1. The Kier molecular flexibility index (Phi) is 6.65. The van der Waals surface area contributed by atoms with E-state index in [2.05, 4.69) is 19.6 Å². The van der Waals surface area contributed by atoms with Crippen LogP contribution in [-0.4, -0.2) is 11.8 Å². The predicted molar refractivity (Wildman–Crippen MR) is 46.0 cm³/mol. The van der Waals surface area contributed by atoms with Crippen molar-refractivity contribution in [1.82, 2.24) is 0 Å². The molecule has 0 amide bonds. The van der Waals surface area contributed by atoms with E-state index in [1.165, 1.54) is 19.3 Å². The molecule has 9 heavy (non-hydrogen) atoms. The molecule has 2 heteroatoms. The maximum Gasteiger partial charge on any atom is 0.00104 e. The van der Waals surface area contributed by atoms with Crippen LogP contribution >= 0.6 is 12.6 Å². The van der Waals surface area contributed by atoms with Crippen LogP contribution in [0.1, 0.15) is 32.6 Å².